The molecule has 3 aromatic carbocycles. The minimum atomic E-state index is -2.88. The largest absolute Gasteiger partial charge is 0.387 e. The number of nitrogens with one attached hydrogen (secondary N) is 1. The number of amides is 1. The van der Waals surface area contributed by atoms with Gasteiger partial charge in [-0.15, -0.1) is 11.6 Å². The fraction of sp³-hybridized carbons (Fsp3) is 0.435. The zero-order valence-corrected chi connectivity index (χ0v) is 43.5. The highest BCUT2D eigenvalue weighted by molar-refractivity contribution is 7.71. The van der Waals surface area contributed by atoms with Gasteiger partial charge in [-0.3, -0.25) is 19.0 Å². The van der Waals surface area contributed by atoms with E-state index in [2.05, 4.69) is 25.3 Å². The first kappa shape index (κ1) is 55.2. The van der Waals surface area contributed by atoms with E-state index in [0.29, 0.717) is 49.8 Å². The van der Waals surface area contributed by atoms with Crippen molar-refractivity contribution in [2.24, 2.45) is 12.5 Å². The van der Waals surface area contributed by atoms with Crippen LogP contribution in [0.4, 0.5) is 8.78 Å². The molecule has 3 heterocycles. The van der Waals surface area contributed by atoms with Gasteiger partial charge in [-0.05, 0) is 104 Å². The zero-order valence-electron chi connectivity index (χ0n) is 38.1. The lowest BCUT2D eigenvalue weighted by Crippen LogP contribution is -2.47. The lowest BCUT2D eigenvalue weighted by atomic mass is 9.73. The van der Waals surface area contributed by atoms with Crippen LogP contribution in [-0.4, -0.2) is 89.7 Å². The Morgan fingerprint density at radius 2 is 1.62 bits per heavy atom. The van der Waals surface area contributed by atoms with E-state index < -0.39 is 40.1 Å². The van der Waals surface area contributed by atoms with Gasteiger partial charge in [0.25, 0.3) is 12.3 Å². The number of aromatic nitrogens is 8. The highest BCUT2D eigenvalue weighted by atomic mass is 35.5. The molecular weight excluding hydrogens is 1030 g/mol. The summed E-state index contributed by atoms with van der Waals surface area (Å²) in [5.41, 5.74) is -0.492. The maximum atomic E-state index is 13.1. The van der Waals surface area contributed by atoms with E-state index in [4.69, 9.17) is 86.7 Å². The molecule has 3 unspecified atom stereocenters. The second-order valence-electron chi connectivity index (χ2n) is 17.6. The molecule has 0 bridgehead atoms. The molecule has 22 heteroatoms. The minimum Gasteiger partial charge on any atom is -0.387 e. The number of benzene rings is 3. The molecule has 6 aromatic rings. The van der Waals surface area contributed by atoms with E-state index in [1.807, 2.05) is 69.3 Å². The number of aryl methyl sites for hydroxylation is 2. The molecule has 1 amide bonds. The minimum absolute atomic E-state index is 0.232. The molecule has 1 aliphatic carbocycles. The first-order chi connectivity index (χ1) is 31.9. The summed E-state index contributed by atoms with van der Waals surface area (Å²) in [6.07, 6.45) is 6.56. The summed E-state index contributed by atoms with van der Waals surface area (Å²) in [5, 5.41) is 37.6. The maximum Gasteiger partial charge on any atom is 0.282 e. The van der Waals surface area contributed by atoms with Crippen LogP contribution < -0.4 is 0 Å². The molecule has 1 saturated carbocycles. The topological polar surface area (TPSA) is 152 Å². The summed E-state index contributed by atoms with van der Waals surface area (Å²) in [6.45, 7) is 8.50. The Balaban J connectivity index is 0.000000192. The molecule has 68 heavy (non-hydrogen) atoms. The predicted molar refractivity (Wildman–Crippen MR) is 266 cm³/mol. The van der Waals surface area contributed by atoms with E-state index in [9.17, 15) is 23.8 Å². The number of alkyl halides is 3. The van der Waals surface area contributed by atoms with Gasteiger partial charge in [0.2, 0.25) is 0 Å². The van der Waals surface area contributed by atoms with Crippen molar-refractivity contribution in [2.45, 2.75) is 108 Å². The summed E-state index contributed by atoms with van der Waals surface area (Å²) >= 11 is 42.0. The average molecular weight is 1080 g/mol. The van der Waals surface area contributed by atoms with Crippen molar-refractivity contribution in [3.8, 4) is 0 Å². The van der Waals surface area contributed by atoms with Crippen molar-refractivity contribution in [1.29, 1.82) is 0 Å². The molecule has 1 fully saturated rings. The normalized spacial score (nSPS) is 15.3. The highest BCUT2D eigenvalue weighted by Crippen LogP contribution is 2.53. The van der Waals surface area contributed by atoms with Gasteiger partial charge in [-0.1, -0.05) is 109 Å². The van der Waals surface area contributed by atoms with Crippen LogP contribution in [0.5, 0.6) is 0 Å². The molecule has 7 rings (SSSR count). The van der Waals surface area contributed by atoms with Crippen molar-refractivity contribution >= 4 is 87.7 Å². The number of nitrogens with zero attached hydrogens (tertiary/aromatic N) is 8. The van der Waals surface area contributed by atoms with E-state index in [1.165, 1.54) is 50.7 Å². The van der Waals surface area contributed by atoms with Crippen LogP contribution in [-0.2, 0) is 44.2 Å². The SMILES string of the molecule is CC(C)(C)C(O)(CCc1ccc(Cl)cc1)Cn1cncn1.CON(C(=O)c1cn(C)nc1C(F)F)C(C)Cc1c(Cl)cc(Cl)cc1Cl.OC(Cc1ccccc1Cl)(Cn1nc[nH]c1=S)C1(Cl)CC1. The first-order valence-electron chi connectivity index (χ1n) is 21.3. The monoisotopic (exact) mass is 1080 g/mol. The number of rotatable bonds is 16. The van der Waals surface area contributed by atoms with Crippen LogP contribution in [0, 0.1) is 10.2 Å². The number of H-pyrrole nitrogens is 1. The summed E-state index contributed by atoms with van der Waals surface area (Å²) in [7, 11) is 2.73. The van der Waals surface area contributed by atoms with Crippen molar-refractivity contribution in [3.63, 3.8) is 0 Å². The Hall–Kier alpha value is -3.68. The lowest BCUT2D eigenvalue weighted by molar-refractivity contribution is -0.119. The van der Waals surface area contributed by atoms with E-state index in [-0.39, 0.29) is 23.9 Å². The number of carbonyl (C=O) groups excluding carboxylic acids is 1. The molecule has 1 aliphatic rings. The summed E-state index contributed by atoms with van der Waals surface area (Å²) in [5.74, 6) is -0.732. The summed E-state index contributed by atoms with van der Waals surface area (Å²) in [4.78, 5) is 24.0. The smallest absolute Gasteiger partial charge is 0.282 e. The third-order valence-corrected chi connectivity index (χ3v) is 14.3. The Morgan fingerprint density at radius 1 is 0.971 bits per heavy atom. The molecule has 0 radical (unpaired) electrons. The number of aromatic amines is 1. The molecule has 3 N–H and O–H groups in total. The van der Waals surface area contributed by atoms with E-state index in [1.54, 1.807) is 22.6 Å². The number of carbonyl (C=O) groups is 1. The predicted octanol–water partition coefficient (Wildman–Crippen LogP) is 11.6. The molecule has 0 aliphatic heterocycles. The number of hydroxylamine groups is 2. The van der Waals surface area contributed by atoms with Crippen LogP contribution in [0.25, 0.3) is 0 Å². The molecule has 13 nitrogen and oxygen atoms in total. The Labute approximate surface area is 429 Å². The Kier molecular flexibility index (Phi) is 19.1. The molecule has 0 spiro atoms. The van der Waals surface area contributed by atoms with Crippen molar-refractivity contribution < 1.29 is 28.6 Å². The lowest BCUT2D eigenvalue weighted by Gasteiger charge is -2.40. The van der Waals surface area contributed by atoms with Gasteiger partial charge < -0.3 is 15.2 Å². The van der Waals surface area contributed by atoms with E-state index >= 15 is 0 Å². The second-order valence-corrected chi connectivity index (χ2v) is 20.8. The van der Waals surface area contributed by atoms with Crippen molar-refractivity contribution in [2.75, 3.05) is 7.11 Å². The van der Waals surface area contributed by atoms with Gasteiger partial charge in [0.05, 0.1) is 42.3 Å². The molecule has 368 valence electrons. The van der Waals surface area contributed by atoms with Crippen LogP contribution in [0.2, 0.25) is 25.1 Å². The van der Waals surface area contributed by atoms with Crippen LogP contribution in [0.15, 0.2) is 85.8 Å². The van der Waals surface area contributed by atoms with Crippen LogP contribution in [0.1, 0.15) is 86.1 Å². The van der Waals surface area contributed by atoms with Gasteiger partial charge >= 0.3 is 0 Å². The van der Waals surface area contributed by atoms with Crippen LogP contribution in [0.3, 0.4) is 0 Å². The summed E-state index contributed by atoms with van der Waals surface area (Å²) in [6, 6.07) is 17.8. The third kappa shape index (κ3) is 14.2. The third-order valence-electron chi connectivity index (χ3n) is 11.7. The van der Waals surface area contributed by atoms with Crippen molar-refractivity contribution in [3.05, 3.63) is 144 Å². The van der Waals surface area contributed by atoms with Gasteiger partial charge in [-0.25, -0.2) is 23.5 Å². The summed E-state index contributed by atoms with van der Waals surface area (Å²) < 4.78 is 31.1. The number of hydrogen-bond acceptors (Lipinski definition) is 9. The van der Waals surface area contributed by atoms with Gasteiger partial charge in [-0.2, -0.15) is 15.3 Å². The van der Waals surface area contributed by atoms with Crippen molar-refractivity contribution in [1.82, 2.24) is 44.4 Å². The van der Waals surface area contributed by atoms with E-state index in [0.717, 1.165) is 39.6 Å². The standard InChI is InChI=1S/C16H16Cl3F2N3O2.C16H22ClN3O.C14H15Cl2N3OS/c1-8(4-10-12(18)5-9(17)6-13(10)19)24(26-3)16(25)11-7-23(2)22-14(11)15(20)21;1-15(2,3)16(21,10-20-12-18-11-19-20)9-8-13-4-6-14(17)7-5-13;15-11-4-2-1-3-10(11)7-14(20,13(16)5-6-13)8-19-12(21)17-9-18-19/h5-8,15H,4H2,1-3H3;4-7,11-12,21H,8-10H2,1-3H3;1-4,9,20H,5-8H2,(H,17,18,21). The van der Waals surface area contributed by atoms with Gasteiger partial charge in [0.1, 0.15) is 30.3 Å². The van der Waals surface area contributed by atoms with Gasteiger partial charge in [0.15, 0.2) is 4.77 Å². The fourth-order valence-electron chi connectivity index (χ4n) is 7.36. The quantitative estimate of drug-likeness (QED) is 0.0489. The fourth-order valence-corrected chi connectivity index (χ4v) is 9.05. The molecule has 3 atom stereocenters. The van der Waals surface area contributed by atoms with Gasteiger partial charge in [0, 0.05) is 44.8 Å². The Morgan fingerprint density at radius 3 is 2.15 bits per heavy atom. The first-order valence-corrected chi connectivity index (χ1v) is 23.9. The molecule has 3 aromatic heterocycles. The zero-order chi connectivity index (χ0) is 50.2. The molecular formula is C46H53Cl6F2N9O4S. The van der Waals surface area contributed by atoms with Crippen LogP contribution >= 0.6 is 81.8 Å². The number of halogens is 8. The average Bonchev–Trinajstić information content (AvgIpc) is 3.55. The maximum absolute atomic E-state index is 13.1. The highest BCUT2D eigenvalue weighted by Gasteiger charge is 2.58. The molecule has 0 saturated heterocycles. The second kappa shape index (κ2) is 23.5. The number of hydrogen-bond donors (Lipinski definition) is 3. The Bertz CT molecular complexity index is 2640. The number of aliphatic hydroxyl groups is 2.